The SMILES string of the molecule is Cc1ccc(F)c2c1-c1cccc3cccc-2c13. The molecule has 0 aromatic heterocycles. The minimum atomic E-state index is -0.126. The molecule has 86 valence electrons. The summed E-state index contributed by atoms with van der Waals surface area (Å²) in [5.41, 5.74) is 5.15. The Morgan fingerprint density at radius 1 is 0.778 bits per heavy atom. The van der Waals surface area contributed by atoms with Crippen molar-refractivity contribution in [3.63, 3.8) is 0 Å². The maximum Gasteiger partial charge on any atom is 0.131 e. The summed E-state index contributed by atoms with van der Waals surface area (Å²) in [7, 11) is 0. The van der Waals surface area contributed by atoms with Crippen molar-refractivity contribution < 1.29 is 4.39 Å². The minimum Gasteiger partial charge on any atom is -0.206 e. The summed E-state index contributed by atoms with van der Waals surface area (Å²) in [6.07, 6.45) is 0. The molecule has 0 spiro atoms. The summed E-state index contributed by atoms with van der Waals surface area (Å²) in [6.45, 7) is 2.04. The van der Waals surface area contributed by atoms with Crippen molar-refractivity contribution in [3.8, 4) is 22.3 Å². The molecule has 0 nitrogen and oxygen atoms in total. The summed E-state index contributed by atoms with van der Waals surface area (Å²) in [6, 6.07) is 15.7. The van der Waals surface area contributed by atoms with E-state index in [4.69, 9.17) is 0 Å². The monoisotopic (exact) mass is 234 g/mol. The molecule has 1 heteroatoms. The Bertz CT molecular complexity index is 736. The normalized spacial score (nSPS) is 11.9. The van der Waals surface area contributed by atoms with E-state index in [1.807, 2.05) is 31.2 Å². The first-order valence-electron chi connectivity index (χ1n) is 6.09. The summed E-state index contributed by atoms with van der Waals surface area (Å²) in [5.74, 6) is -0.126. The molecular weight excluding hydrogens is 223 g/mol. The van der Waals surface area contributed by atoms with E-state index < -0.39 is 0 Å². The second kappa shape index (κ2) is 3.20. The van der Waals surface area contributed by atoms with Gasteiger partial charge in [-0.05, 0) is 46.0 Å². The van der Waals surface area contributed by atoms with Crippen molar-refractivity contribution in [2.45, 2.75) is 6.92 Å². The second-order valence-electron chi connectivity index (χ2n) is 4.82. The van der Waals surface area contributed by atoms with Crippen LogP contribution in [0.25, 0.3) is 33.0 Å². The summed E-state index contributed by atoms with van der Waals surface area (Å²) >= 11 is 0. The highest BCUT2D eigenvalue weighted by Crippen LogP contribution is 2.49. The van der Waals surface area contributed by atoms with Crippen molar-refractivity contribution in [2.24, 2.45) is 0 Å². The molecule has 0 heterocycles. The van der Waals surface area contributed by atoms with Crippen LogP contribution in [0.15, 0.2) is 48.5 Å². The standard InChI is InChI=1S/C17H11F/c1-10-8-9-14(18)17-13-7-3-5-11-4-2-6-12(15(10)17)16(11)13/h2-9H,1H3. The van der Waals surface area contributed by atoms with Crippen LogP contribution in [0.5, 0.6) is 0 Å². The molecule has 0 radical (unpaired) electrons. The van der Waals surface area contributed by atoms with E-state index in [9.17, 15) is 4.39 Å². The lowest BCUT2D eigenvalue weighted by atomic mass is 9.99. The van der Waals surface area contributed by atoms with Crippen molar-refractivity contribution in [1.29, 1.82) is 0 Å². The fraction of sp³-hybridized carbons (Fsp3) is 0.0588. The Hall–Kier alpha value is -2.15. The van der Waals surface area contributed by atoms with Crippen LogP contribution in [0.1, 0.15) is 5.56 Å². The molecule has 0 saturated carbocycles. The molecule has 18 heavy (non-hydrogen) atoms. The van der Waals surface area contributed by atoms with Gasteiger partial charge in [0, 0.05) is 5.56 Å². The van der Waals surface area contributed by atoms with E-state index in [1.165, 1.54) is 10.8 Å². The molecule has 0 N–H and O–H groups in total. The van der Waals surface area contributed by atoms with Gasteiger partial charge in [-0.1, -0.05) is 42.5 Å². The maximum atomic E-state index is 14.2. The van der Waals surface area contributed by atoms with Crippen molar-refractivity contribution in [1.82, 2.24) is 0 Å². The zero-order chi connectivity index (χ0) is 12.3. The average molecular weight is 234 g/mol. The zero-order valence-electron chi connectivity index (χ0n) is 10.00. The molecule has 0 fully saturated rings. The highest BCUT2D eigenvalue weighted by atomic mass is 19.1. The first-order chi connectivity index (χ1) is 8.77. The van der Waals surface area contributed by atoms with Gasteiger partial charge in [0.1, 0.15) is 5.82 Å². The van der Waals surface area contributed by atoms with E-state index in [0.29, 0.717) is 0 Å². The third kappa shape index (κ3) is 1.04. The first-order valence-corrected chi connectivity index (χ1v) is 6.09. The lowest BCUT2D eigenvalue weighted by molar-refractivity contribution is 0.632. The Labute approximate surface area is 105 Å². The zero-order valence-corrected chi connectivity index (χ0v) is 10.00. The van der Waals surface area contributed by atoms with Crippen LogP contribution >= 0.6 is 0 Å². The van der Waals surface area contributed by atoms with E-state index in [-0.39, 0.29) is 5.82 Å². The Balaban J connectivity index is 2.31. The van der Waals surface area contributed by atoms with Crippen LogP contribution in [0.4, 0.5) is 4.39 Å². The third-order valence-corrected chi connectivity index (χ3v) is 3.81. The number of halogens is 1. The average Bonchev–Trinajstić information content (AvgIpc) is 2.73. The number of benzene rings is 3. The lowest BCUT2D eigenvalue weighted by Crippen LogP contribution is -1.86. The van der Waals surface area contributed by atoms with Crippen molar-refractivity contribution >= 4 is 10.8 Å². The van der Waals surface area contributed by atoms with Crippen LogP contribution in [0.2, 0.25) is 0 Å². The summed E-state index contributed by atoms with van der Waals surface area (Å²) in [4.78, 5) is 0. The molecule has 0 amide bonds. The predicted octanol–water partition coefficient (Wildman–Crippen LogP) is 4.93. The number of hydrogen-bond donors (Lipinski definition) is 0. The quantitative estimate of drug-likeness (QED) is 0.404. The molecule has 3 aromatic carbocycles. The highest BCUT2D eigenvalue weighted by molar-refractivity contribution is 6.15. The topological polar surface area (TPSA) is 0 Å². The van der Waals surface area contributed by atoms with Crippen LogP contribution in [-0.4, -0.2) is 0 Å². The molecule has 0 saturated heterocycles. The summed E-state index contributed by atoms with van der Waals surface area (Å²) < 4.78 is 14.2. The third-order valence-electron chi connectivity index (χ3n) is 3.81. The highest BCUT2D eigenvalue weighted by Gasteiger charge is 2.25. The van der Waals surface area contributed by atoms with Gasteiger partial charge in [-0.25, -0.2) is 4.39 Å². The molecule has 4 rings (SSSR count). The van der Waals surface area contributed by atoms with Crippen LogP contribution in [0.3, 0.4) is 0 Å². The number of rotatable bonds is 0. The number of fused-ring (bicyclic) bond motifs is 3. The van der Waals surface area contributed by atoms with Crippen LogP contribution in [-0.2, 0) is 0 Å². The molecule has 0 aliphatic heterocycles. The molecule has 1 aliphatic rings. The number of aryl methyl sites for hydroxylation is 1. The Morgan fingerprint density at radius 2 is 1.44 bits per heavy atom. The minimum absolute atomic E-state index is 0.126. The van der Waals surface area contributed by atoms with Crippen LogP contribution in [0, 0.1) is 12.7 Å². The van der Waals surface area contributed by atoms with Gasteiger partial charge < -0.3 is 0 Å². The summed E-state index contributed by atoms with van der Waals surface area (Å²) in [5, 5.41) is 2.36. The van der Waals surface area contributed by atoms with Gasteiger partial charge in [-0.2, -0.15) is 0 Å². The molecule has 0 unspecified atom stereocenters. The van der Waals surface area contributed by atoms with Crippen molar-refractivity contribution in [2.75, 3.05) is 0 Å². The molecule has 3 aromatic rings. The molecule has 1 aliphatic carbocycles. The Kier molecular flexibility index (Phi) is 1.75. The molecule has 0 atom stereocenters. The number of hydrogen-bond acceptors (Lipinski definition) is 0. The van der Waals surface area contributed by atoms with E-state index in [2.05, 4.69) is 18.2 Å². The van der Waals surface area contributed by atoms with Gasteiger partial charge in [-0.15, -0.1) is 0 Å². The second-order valence-corrected chi connectivity index (χ2v) is 4.82. The van der Waals surface area contributed by atoms with Gasteiger partial charge in [0.05, 0.1) is 0 Å². The Morgan fingerprint density at radius 3 is 2.17 bits per heavy atom. The van der Waals surface area contributed by atoms with Crippen LogP contribution < -0.4 is 0 Å². The molecule has 0 bridgehead atoms. The van der Waals surface area contributed by atoms with E-state index in [0.717, 1.165) is 27.8 Å². The first kappa shape index (κ1) is 9.84. The molecular formula is C17H11F. The maximum absolute atomic E-state index is 14.2. The van der Waals surface area contributed by atoms with Gasteiger partial charge in [0.25, 0.3) is 0 Å². The van der Waals surface area contributed by atoms with Gasteiger partial charge in [-0.3, -0.25) is 0 Å². The van der Waals surface area contributed by atoms with Gasteiger partial charge in [0.2, 0.25) is 0 Å². The van der Waals surface area contributed by atoms with Crippen molar-refractivity contribution in [3.05, 3.63) is 59.9 Å². The lowest BCUT2D eigenvalue weighted by Gasteiger charge is -2.06. The van der Waals surface area contributed by atoms with Gasteiger partial charge in [0.15, 0.2) is 0 Å². The predicted molar refractivity (Wildman–Crippen MR) is 73.1 cm³/mol. The fourth-order valence-electron chi connectivity index (χ4n) is 3.05. The van der Waals surface area contributed by atoms with Gasteiger partial charge >= 0.3 is 0 Å². The van der Waals surface area contributed by atoms with E-state index in [1.54, 1.807) is 6.07 Å². The fourth-order valence-corrected chi connectivity index (χ4v) is 3.05. The van der Waals surface area contributed by atoms with E-state index >= 15 is 0 Å². The smallest absolute Gasteiger partial charge is 0.131 e. The largest absolute Gasteiger partial charge is 0.206 e.